The van der Waals surface area contributed by atoms with E-state index in [-0.39, 0.29) is 18.3 Å². The molecule has 2 aliphatic rings. The maximum atomic E-state index is 6.10. The molecule has 0 saturated carbocycles. The molecule has 4 nitrogen and oxygen atoms in total. The average Bonchev–Trinajstić information content (AvgIpc) is 2.97. The maximum absolute atomic E-state index is 6.10. The first-order chi connectivity index (χ1) is 9.87. The molecule has 0 unspecified atom stereocenters. The van der Waals surface area contributed by atoms with E-state index in [9.17, 15) is 0 Å². The summed E-state index contributed by atoms with van der Waals surface area (Å²) in [6.07, 6.45) is 6.43. The largest absolute Gasteiger partial charge is 0.496 e. The molecule has 0 amide bonds. The molecule has 0 spiro atoms. The van der Waals surface area contributed by atoms with Crippen LogP contribution in [-0.4, -0.2) is 41.3 Å². The molecule has 0 radical (unpaired) electrons. The third-order valence-electron chi connectivity index (χ3n) is 4.95. The standard InChI is InChI=1S/C16H25BN2O2/c1-15(2)16(3,4)21-17(20-15)14-9-13(10-18-11-14)12-19-7-5-6-8-19/h9-11H,5-8,12H2,1-4H3. The van der Waals surface area contributed by atoms with Crippen molar-refractivity contribution in [1.29, 1.82) is 0 Å². The number of hydrogen-bond donors (Lipinski definition) is 0. The van der Waals surface area contributed by atoms with Gasteiger partial charge < -0.3 is 9.31 Å². The number of likely N-dealkylation sites (tertiary alicyclic amines) is 1. The normalized spacial score (nSPS) is 24.7. The van der Waals surface area contributed by atoms with Crippen LogP contribution in [0, 0.1) is 0 Å². The summed E-state index contributed by atoms with van der Waals surface area (Å²) in [6, 6.07) is 2.17. The van der Waals surface area contributed by atoms with Crippen molar-refractivity contribution in [2.75, 3.05) is 13.1 Å². The number of rotatable bonds is 3. The molecule has 3 heterocycles. The Labute approximate surface area is 128 Å². The summed E-state index contributed by atoms with van der Waals surface area (Å²) in [5.74, 6) is 0. The van der Waals surface area contributed by atoms with E-state index in [1.165, 1.54) is 31.5 Å². The minimum atomic E-state index is -0.318. The zero-order valence-electron chi connectivity index (χ0n) is 13.6. The summed E-state index contributed by atoms with van der Waals surface area (Å²) in [5, 5.41) is 0. The van der Waals surface area contributed by atoms with Crippen LogP contribution in [0.3, 0.4) is 0 Å². The summed E-state index contributed by atoms with van der Waals surface area (Å²) < 4.78 is 12.2. The second-order valence-corrected chi connectivity index (χ2v) is 7.20. The Morgan fingerprint density at radius 2 is 1.71 bits per heavy atom. The molecule has 0 bridgehead atoms. The van der Waals surface area contributed by atoms with E-state index < -0.39 is 0 Å². The van der Waals surface area contributed by atoms with Crippen LogP contribution in [0.5, 0.6) is 0 Å². The van der Waals surface area contributed by atoms with Gasteiger partial charge in [-0.15, -0.1) is 0 Å². The lowest BCUT2D eigenvalue weighted by Crippen LogP contribution is -2.41. The van der Waals surface area contributed by atoms with Crippen molar-refractivity contribution in [2.45, 2.75) is 58.3 Å². The molecule has 2 saturated heterocycles. The van der Waals surface area contributed by atoms with Crippen LogP contribution in [0.4, 0.5) is 0 Å². The molecule has 3 rings (SSSR count). The van der Waals surface area contributed by atoms with Gasteiger partial charge in [-0.3, -0.25) is 9.88 Å². The smallest absolute Gasteiger partial charge is 0.399 e. The Bertz CT molecular complexity index is 497. The first-order valence-electron chi connectivity index (χ1n) is 7.89. The van der Waals surface area contributed by atoms with Crippen molar-refractivity contribution in [1.82, 2.24) is 9.88 Å². The molecule has 1 aromatic heterocycles. The van der Waals surface area contributed by atoms with E-state index in [0.717, 1.165) is 12.0 Å². The van der Waals surface area contributed by atoms with Crippen LogP contribution in [-0.2, 0) is 15.9 Å². The van der Waals surface area contributed by atoms with E-state index in [2.05, 4.69) is 43.6 Å². The summed E-state index contributed by atoms with van der Waals surface area (Å²) in [6.45, 7) is 11.7. The SMILES string of the molecule is CC1(C)OB(c2cncc(CN3CCCC3)c2)OC1(C)C. The van der Waals surface area contributed by atoms with Gasteiger partial charge in [0.1, 0.15) is 0 Å². The fraction of sp³-hybridized carbons (Fsp3) is 0.688. The zero-order chi connectivity index (χ0) is 15.1. The lowest BCUT2D eigenvalue weighted by Gasteiger charge is -2.32. The van der Waals surface area contributed by atoms with E-state index in [1.54, 1.807) is 0 Å². The van der Waals surface area contributed by atoms with Gasteiger partial charge in [0.25, 0.3) is 0 Å². The van der Waals surface area contributed by atoms with Gasteiger partial charge in [-0.1, -0.05) is 6.07 Å². The predicted octanol–water partition coefficient (Wildman–Crippen LogP) is 1.98. The highest BCUT2D eigenvalue weighted by Gasteiger charge is 2.51. The third-order valence-corrected chi connectivity index (χ3v) is 4.95. The quantitative estimate of drug-likeness (QED) is 0.797. The van der Waals surface area contributed by atoms with Gasteiger partial charge in [-0.25, -0.2) is 0 Å². The zero-order valence-corrected chi connectivity index (χ0v) is 13.6. The predicted molar refractivity (Wildman–Crippen MR) is 84.5 cm³/mol. The van der Waals surface area contributed by atoms with E-state index in [0.29, 0.717) is 0 Å². The topological polar surface area (TPSA) is 34.6 Å². The van der Waals surface area contributed by atoms with Crippen molar-refractivity contribution in [3.8, 4) is 0 Å². The van der Waals surface area contributed by atoms with Crippen LogP contribution in [0.25, 0.3) is 0 Å². The number of aromatic nitrogens is 1. The summed E-state index contributed by atoms with van der Waals surface area (Å²) in [5.41, 5.74) is 1.65. The summed E-state index contributed by atoms with van der Waals surface area (Å²) in [4.78, 5) is 6.86. The average molecular weight is 288 g/mol. The van der Waals surface area contributed by atoms with Crippen LogP contribution in [0.15, 0.2) is 18.5 Å². The van der Waals surface area contributed by atoms with Gasteiger partial charge in [-0.2, -0.15) is 0 Å². The van der Waals surface area contributed by atoms with E-state index in [4.69, 9.17) is 9.31 Å². The van der Waals surface area contributed by atoms with Crippen molar-refractivity contribution in [3.05, 3.63) is 24.0 Å². The Hall–Kier alpha value is -0.905. The molecular formula is C16H25BN2O2. The van der Waals surface area contributed by atoms with Gasteiger partial charge >= 0.3 is 7.12 Å². The second kappa shape index (κ2) is 5.38. The first-order valence-corrected chi connectivity index (χ1v) is 7.89. The van der Waals surface area contributed by atoms with Crippen LogP contribution in [0.2, 0.25) is 0 Å². The summed E-state index contributed by atoms with van der Waals surface area (Å²) >= 11 is 0. The molecule has 0 atom stereocenters. The second-order valence-electron chi connectivity index (χ2n) is 7.20. The molecule has 0 aliphatic carbocycles. The number of nitrogens with zero attached hydrogens (tertiary/aromatic N) is 2. The molecule has 114 valence electrons. The highest BCUT2D eigenvalue weighted by molar-refractivity contribution is 6.62. The van der Waals surface area contributed by atoms with Gasteiger partial charge in [0.2, 0.25) is 0 Å². The third kappa shape index (κ3) is 3.00. The van der Waals surface area contributed by atoms with Crippen molar-refractivity contribution in [2.24, 2.45) is 0 Å². The Morgan fingerprint density at radius 3 is 2.33 bits per heavy atom. The lowest BCUT2D eigenvalue weighted by molar-refractivity contribution is 0.00578. The molecule has 0 aromatic carbocycles. The Morgan fingerprint density at radius 1 is 1.10 bits per heavy atom. The molecule has 1 aromatic rings. The molecular weight excluding hydrogens is 263 g/mol. The molecule has 2 aliphatic heterocycles. The van der Waals surface area contributed by atoms with E-state index in [1.807, 2.05) is 12.4 Å². The van der Waals surface area contributed by atoms with Gasteiger partial charge in [0.05, 0.1) is 11.2 Å². The monoisotopic (exact) mass is 288 g/mol. The molecule has 0 N–H and O–H groups in total. The summed E-state index contributed by atoms with van der Waals surface area (Å²) in [7, 11) is -0.318. The van der Waals surface area contributed by atoms with Crippen molar-refractivity contribution in [3.63, 3.8) is 0 Å². The van der Waals surface area contributed by atoms with Crippen LogP contribution in [0.1, 0.15) is 46.1 Å². The minimum absolute atomic E-state index is 0.303. The molecule has 21 heavy (non-hydrogen) atoms. The number of pyridine rings is 1. The molecule has 2 fully saturated rings. The maximum Gasteiger partial charge on any atom is 0.496 e. The van der Waals surface area contributed by atoms with Crippen molar-refractivity contribution >= 4 is 12.6 Å². The number of hydrogen-bond acceptors (Lipinski definition) is 4. The minimum Gasteiger partial charge on any atom is -0.399 e. The Balaban J connectivity index is 1.74. The highest BCUT2D eigenvalue weighted by Crippen LogP contribution is 2.36. The van der Waals surface area contributed by atoms with Crippen LogP contribution < -0.4 is 5.46 Å². The van der Waals surface area contributed by atoms with Crippen LogP contribution >= 0.6 is 0 Å². The highest BCUT2D eigenvalue weighted by atomic mass is 16.7. The molecule has 5 heteroatoms. The first kappa shape index (κ1) is 15.0. The van der Waals surface area contributed by atoms with Crippen molar-refractivity contribution < 1.29 is 9.31 Å². The fourth-order valence-electron chi connectivity index (χ4n) is 2.90. The van der Waals surface area contributed by atoms with Gasteiger partial charge in [0, 0.05) is 24.4 Å². The van der Waals surface area contributed by atoms with E-state index >= 15 is 0 Å². The van der Waals surface area contributed by atoms with Gasteiger partial charge in [-0.05, 0) is 59.2 Å². The lowest BCUT2D eigenvalue weighted by atomic mass is 9.80. The van der Waals surface area contributed by atoms with Gasteiger partial charge in [0.15, 0.2) is 0 Å². The fourth-order valence-corrected chi connectivity index (χ4v) is 2.90. The Kier molecular flexibility index (Phi) is 3.84.